The van der Waals surface area contributed by atoms with Crippen molar-refractivity contribution in [2.45, 2.75) is 27.2 Å². The number of likely N-dealkylation sites (N-methyl/N-ethyl adjacent to an activating group) is 1. The zero-order chi connectivity index (χ0) is 13.1. The fraction of sp³-hybridized carbons (Fsp3) is 1.00. The molecule has 0 heterocycles. The van der Waals surface area contributed by atoms with Gasteiger partial charge in [0, 0.05) is 26.2 Å². The van der Waals surface area contributed by atoms with Crippen LogP contribution in [0.15, 0.2) is 0 Å². The van der Waals surface area contributed by atoms with Crippen molar-refractivity contribution in [1.82, 2.24) is 9.62 Å². The van der Waals surface area contributed by atoms with Gasteiger partial charge in [0.05, 0.1) is 12.4 Å². The summed E-state index contributed by atoms with van der Waals surface area (Å²) in [5.41, 5.74) is 0. The van der Waals surface area contributed by atoms with E-state index < -0.39 is 10.0 Å². The third-order valence-electron chi connectivity index (χ3n) is 2.40. The first-order chi connectivity index (χ1) is 8.08. The largest absolute Gasteiger partial charge is 0.380 e. The molecule has 0 unspecified atom stereocenters. The Kier molecular flexibility index (Phi) is 9.72. The maximum atomic E-state index is 11.9. The molecule has 0 aromatic rings. The van der Waals surface area contributed by atoms with Gasteiger partial charge in [0.1, 0.15) is 0 Å². The van der Waals surface area contributed by atoms with Crippen LogP contribution in [0.3, 0.4) is 0 Å². The predicted octanol–water partition coefficient (Wildman–Crippen LogP) is 0.674. The summed E-state index contributed by atoms with van der Waals surface area (Å²) in [6.45, 7) is 9.22. The lowest BCUT2D eigenvalue weighted by Gasteiger charge is -2.20. The summed E-state index contributed by atoms with van der Waals surface area (Å²) in [5, 5.41) is 3.10. The molecule has 0 fully saturated rings. The lowest BCUT2D eigenvalue weighted by Crippen LogP contribution is -2.38. The van der Waals surface area contributed by atoms with Gasteiger partial charge in [0.25, 0.3) is 0 Å². The lowest BCUT2D eigenvalue weighted by molar-refractivity contribution is 0.135. The van der Waals surface area contributed by atoms with E-state index in [1.807, 2.05) is 13.8 Å². The number of rotatable bonds is 11. The quantitative estimate of drug-likeness (QED) is 0.559. The minimum Gasteiger partial charge on any atom is -0.380 e. The summed E-state index contributed by atoms with van der Waals surface area (Å²) in [7, 11) is -3.14. The van der Waals surface area contributed by atoms with Crippen molar-refractivity contribution in [3.8, 4) is 0 Å². The molecule has 0 amide bonds. The zero-order valence-electron chi connectivity index (χ0n) is 11.2. The van der Waals surface area contributed by atoms with Gasteiger partial charge in [-0.25, -0.2) is 8.42 Å². The minimum absolute atomic E-state index is 0.160. The van der Waals surface area contributed by atoms with Crippen molar-refractivity contribution >= 4 is 10.0 Å². The number of sulfonamides is 1. The van der Waals surface area contributed by atoms with E-state index >= 15 is 0 Å². The molecule has 0 radical (unpaired) electrons. The normalized spacial score (nSPS) is 12.2. The van der Waals surface area contributed by atoms with Crippen molar-refractivity contribution in [2.24, 2.45) is 0 Å². The zero-order valence-corrected chi connectivity index (χ0v) is 12.1. The highest BCUT2D eigenvalue weighted by molar-refractivity contribution is 7.89. The molecule has 1 N–H and O–H groups in total. The highest BCUT2D eigenvalue weighted by Gasteiger charge is 2.19. The van der Waals surface area contributed by atoms with Crippen molar-refractivity contribution in [1.29, 1.82) is 0 Å². The van der Waals surface area contributed by atoms with Gasteiger partial charge in [-0.2, -0.15) is 4.31 Å². The second-order valence-corrected chi connectivity index (χ2v) is 5.84. The van der Waals surface area contributed by atoms with Crippen LogP contribution in [0.25, 0.3) is 0 Å². The van der Waals surface area contributed by atoms with E-state index in [4.69, 9.17) is 4.74 Å². The highest BCUT2D eigenvalue weighted by atomic mass is 32.2. The molecule has 0 atom stereocenters. The Hall–Kier alpha value is -0.170. The molecular weight excluding hydrogens is 240 g/mol. The second kappa shape index (κ2) is 9.82. The number of hydrogen-bond donors (Lipinski definition) is 1. The molecule has 17 heavy (non-hydrogen) atoms. The van der Waals surface area contributed by atoms with E-state index in [0.717, 1.165) is 13.0 Å². The van der Waals surface area contributed by atoms with Crippen LogP contribution >= 0.6 is 0 Å². The Bertz CT molecular complexity index is 268. The first kappa shape index (κ1) is 16.8. The first-order valence-corrected chi connectivity index (χ1v) is 7.95. The summed E-state index contributed by atoms with van der Waals surface area (Å²) in [4.78, 5) is 0. The molecule has 0 saturated heterocycles. The Morgan fingerprint density at radius 2 is 1.88 bits per heavy atom. The maximum Gasteiger partial charge on any atom is 0.215 e. The van der Waals surface area contributed by atoms with Gasteiger partial charge in [-0.3, -0.25) is 0 Å². The summed E-state index contributed by atoms with van der Waals surface area (Å²) in [6.07, 6.45) is 1.02. The molecule has 104 valence electrons. The van der Waals surface area contributed by atoms with E-state index in [-0.39, 0.29) is 5.75 Å². The molecule has 0 bridgehead atoms. The van der Waals surface area contributed by atoms with Crippen LogP contribution in [0.4, 0.5) is 0 Å². The molecule has 0 rings (SSSR count). The Morgan fingerprint density at radius 3 is 2.41 bits per heavy atom. The van der Waals surface area contributed by atoms with Crippen LogP contribution in [0.5, 0.6) is 0 Å². The number of ether oxygens (including phenoxy) is 1. The molecule has 0 aliphatic rings. The third-order valence-corrected chi connectivity index (χ3v) is 4.35. The van der Waals surface area contributed by atoms with Gasteiger partial charge in [-0.1, -0.05) is 13.8 Å². The van der Waals surface area contributed by atoms with Crippen LogP contribution < -0.4 is 5.32 Å². The van der Waals surface area contributed by atoms with Crippen molar-refractivity contribution in [3.05, 3.63) is 0 Å². The molecule has 0 spiro atoms. The van der Waals surface area contributed by atoms with Crippen molar-refractivity contribution in [3.63, 3.8) is 0 Å². The van der Waals surface area contributed by atoms with Crippen LogP contribution in [0.2, 0.25) is 0 Å². The Labute approximate surface area is 106 Å². The van der Waals surface area contributed by atoms with Crippen LogP contribution in [-0.2, 0) is 14.8 Å². The SMILES string of the molecule is CCCNCCS(=O)(=O)N(CC)CCOCC. The monoisotopic (exact) mass is 266 g/mol. The summed E-state index contributed by atoms with van der Waals surface area (Å²) < 4.78 is 30.6. The Morgan fingerprint density at radius 1 is 1.18 bits per heavy atom. The predicted molar refractivity (Wildman–Crippen MR) is 70.7 cm³/mol. The smallest absolute Gasteiger partial charge is 0.215 e. The van der Waals surface area contributed by atoms with Gasteiger partial charge < -0.3 is 10.1 Å². The molecule has 0 aromatic carbocycles. The van der Waals surface area contributed by atoms with E-state index in [9.17, 15) is 8.42 Å². The first-order valence-electron chi connectivity index (χ1n) is 6.34. The van der Waals surface area contributed by atoms with Crippen molar-refractivity contribution in [2.75, 3.05) is 45.1 Å². The Balaban J connectivity index is 4.04. The highest BCUT2D eigenvalue weighted by Crippen LogP contribution is 2.00. The lowest BCUT2D eigenvalue weighted by atomic mass is 10.5. The molecule has 0 saturated carbocycles. The van der Waals surface area contributed by atoms with Gasteiger partial charge in [0.2, 0.25) is 10.0 Å². The third kappa shape index (κ3) is 7.70. The molecular formula is C11H26N2O3S. The van der Waals surface area contributed by atoms with E-state index in [1.165, 1.54) is 4.31 Å². The minimum atomic E-state index is -3.14. The fourth-order valence-corrected chi connectivity index (χ4v) is 2.84. The van der Waals surface area contributed by atoms with Crippen LogP contribution in [-0.4, -0.2) is 57.9 Å². The molecule has 6 heteroatoms. The van der Waals surface area contributed by atoms with E-state index in [1.54, 1.807) is 0 Å². The van der Waals surface area contributed by atoms with Gasteiger partial charge in [0.15, 0.2) is 0 Å². The van der Waals surface area contributed by atoms with Gasteiger partial charge in [-0.15, -0.1) is 0 Å². The topological polar surface area (TPSA) is 58.6 Å². The van der Waals surface area contributed by atoms with E-state index in [0.29, 0.717) is 32.8 Å². The maximum absolute atomic E-state index is 11.9. The van der Waals surface area contributed by atoms with Crippen LogP contribution in [0.1, 0.15) is 27.2 Å². The number of nitrogens with zero attached hydrogens (tertiary/aromatic N) is 1. The average molecular weight is 266 g/mol. The molecule has 0 aliphatic heterocycles. The number of nitrogens with one attached hydrogen (secondary N) is 1. The van der Waals surface area contributed by atoms with Crippen molar-refractivity contribution < 1.29 is 13.2 Å². The molecule has 0 aliphatic carbocycles. The fourth-order valence-electron chi connectivity index (χ4n) is 1.44. The van der Waals surface area contributed by atoms with E-state index in [2.05, 4.69) is 12.2 Å². The second-order valence-electron chi connectivity index (χ2n) is 3.75. The van der Waals surface area contributed by atoms with Gasteiger partial charge in [-0.05, 0) is 19.9 Å². The van der Waals surface area contributed by atoms with Gasteiger partial charge >= 0.3 is 0 Å². The standard InChI is InChI=1S/C11H26N2O3S/c1-4-7-12-8-11-17(14,15)13(5-2)9-10-16-6-3/h12H,4-11H2,1-3H3. The van der Waals surface area contributed by atoms with Crippen LogP contribution in [0, 0.1) is 0 Å². The number of hydrogen-bond acceptors (Lipinski definition) is 4. The summed E-state index contributed by atoms with van der Waals surface area (Å²) in [6, 6.07) is 0. The summed E-state index contributed by atoms with van der Waals surface area (Å²) in [5.74, 6) is 0.160. The average Bonchev–Trinajstić information content (AvgIpc) is 2.30. The summed E-state index contributed by atoms with van der Waals surface area (Å²) >= 11 is 0. The molecule has 5 nitrogen and oxygen atoms in total. The molecule has 0 aromatic heterocycles.